The third-order valence-corrected chi connectivity index (χ3v) is 5.12. The number of nitrogens with one attached hydrogen (secondary N) is 1. The average Bonchev–Trinajstić information content (AvgIpc) is 3.11. The lowest BCUT2D eigenvalue weighted by atomic mass is 10.0. The van der Waals surface area contributed by atoms with E-state index >= 15 is 0 Å². The van der Waals surface area contributed by atoms with E-state index in [2.05, 4.69) is 74.3 Å². The van der Waals surface area contributed by atoms with Gasteiger partial charge in [-0.3, -0.25) is 4.99 Å². The second-order valence-electron chi connectivity index (χ2n) is 7.05. The van der Waals surface area contributed by atoms with Gasteiger partial charge in [0, 0.05) is 45.6 Å². The van der Waals surface area contributed by atoms with Crippen LogP contribution in [-0.2, 0) is 6.54 Å². The summed E-state index contributed by atoms with van der Waals surface area (Å²) in [7, 11) is 1.88. The molecule has 0 radical (unpaired) electrons. The van der Waals surface area contributed by atoms with Crippen molar-refractivity contribution in [1.29, 1.82) is 0 Å². The fourth-order valence-electron chi connectivity index (χ4n) is 3.51. The Morgan fingerprint density at radius 1 is 1.19 bits per heavy atom. The van der Waals surface area contributed by atoms with E-state index in [1.165, 1.54) is 11.1 Å². The van der Waals surface area contributed by atoms with Crippen LogP contribution in [0.15, 0.2) is 53.3 Å². The summed E-state index contributed by atoms with van der Waals surface area (Å²) in [6, 6.07) is 10.6. The maximum atomic E-state index is 4.48. The minimum absolute atomic E-state index is 0.962. The summed E-state index contributed by atoms with van der Waals surface area (Å²) in [6.07, 6.45) is 10.7. The van der Waals surface area contributed by atoms with Gasteiger partial charge >= 0.3 is 0 Å². The third kappa shape index (κ3) is 5.71. The molecular formula is C22H31N5. The zero-order valence-electron chi connectivity index (χ0n) is 16.6. The molecule has 2 heterocycles. The molecule has 5 nitrogen and oxygen atoms in total. The molecule has 5 heteroatoms. The van der Waals surface area contributed by atoms with Crippen LogP contribution in [0, 0.1) is 6.92 Å². The Kier molecular flexibility index (Phi) is 7.08. The highest BCUT2D eigenvalue weighted by molar-refractivity contribution is 5.80. The average molecular weight is 366 g/mol. The fourth-order valence-corrected chi connectivity index (χ4v) is 3.51. The molecule has 1 aliphatic rings. The molecule has 0 amide bonds. The van der Waals surface area contributed by atoms with Gasteiger partial charge in [0.05, 0.1) is 0 Å². The molecule has 1 aromatic carbocycles. The van der Waals surface area contributed by atoms with Crippen LogP contribution in [0.3, 0.4) is 0 Å². The number of benzene rings is 1. The molecule has 0 spiro atoms. The van der Waals surface area contributed by atoms with Crippen molar-refractivity contribution < 1.29 is 0 Å². The molecular weight excluding hydrogens is 334 g/mol. The number of aryl methyl sites for hydroxylation is 2. The van der Waals surface area contributed by atoms with Gasteiger partial charge in [0.2, 0.25) is 0 Å². The van der Waals surface area contributed by atoms with Crippen molar-refractivity contribution in [2.45, 2.75) is 39.2 Å². The lowest BCUT2D eigenvalue weighted by molar-refractivity contribution is 0.375. The number of aliphatic imine (C=N–C) groups is 1. The lowest BCUT2D eigenvalue weighted by Gasteiger charge is -2.31. The van der Waals surface area contributed by atoms with Gasteiger partial charge in [-0.05, 0) is 38.2 Å². The van der Waals surface area contributed by atoms with Gasteiger partial charge in [-0.2, -0.15) is 0 Å². The molecule has 1 aliphatic heterocycles. The van der Waals surface area contributed by atoms with E-state index < -0.39 is 0 Å². The van der Waals surface area contributed by atoms with Gasteiger partial charge < -0.3 is 14.8 Å². The van der Waals surface area contributed by atoms with Gasteiger partial charge in [-0.25, -0.2) is 4.98 Å². The molecule has 1 N–H and O–H groups in total. The Bertz CT molecular complexity index is 750. The van der Waals surface area contributed by atoms with Gasteiger partial charge in [0.15, 0.2) is 5.96 Å². The van der Waals surface area contributed by atoms with E-state index in [0.29, 0.717) is 0 Å². The number of piperidine rings is 1. The second kappa shape index (κ2) is 9.95. The molecule has 0 aliphatic carbocycles. The van der Waals surface area contributed by atoms with Gasteiger partial charge in [-0.1, -0.05) is 42.0 Å². The Morgan fingerprint density at radius 2 is 1.96 bits per heavy atom. The van der Waals surface area contributed by atoms with Crippen molar-refractivity contribution >= 4 is 12.0 Å². The van der Waals surface area contributed by atoms with Crippen LogP contribution < -0.4 is 5.32 Å². The van der Waals surface area contributed by atoms with Gasteiger partial charge in [-0.15, -0.1) is 0 Å². The van der Waals surface area contributed by atoms with Crippen LogP contribution in [0.25, 0.3) is 6.08 Å². The second-order valence-corrected chi connectivity index (χ2v) is 7.05. The number of hydrogen-bond acceptors (Lipinski definition) is 2. The summed E-state index contributed by atoms with van der Waals surface area (Å²) in [4.78, 5) is 11.1. The highest BCUT2D eigenvalue weighted by Crippen LogP contribution is 2.19. The lowest BCUT2D eigenvalue weighted by Crippen LogP contribution is -2.44. The topological polar surface area (TPSA) is 45.5 Å². The quantitative estimate of drug-likeness (QED) is 0.482. The van der Waals surface area contributed by atoms with E-state index in [-0.39, 0.29) is 0 Å². The predicted molar refractivity (Wildman–Crippen MR) is 113 cm³/mol. The van der Waals surface area contributed by atoms with Crippen LogP contribution in [-0.4, -0.2) is 47.1 Å². The number of imidazole rings is 1. The fraction of sp³-hybridized carbons (Fsp3) is 0.455. The van der Waals surface area contributed by atoms with Crippen molar-refractivity contribution in [3.63, 3.8) is 0 Å². The molecule has 2 aromatic rings. The Labute approximate surface area is 162 Å². The van der Waals surface area contributed by atoms with E-state index in [1.54, 1.807) is 0 Å². The molecule has 0 unspecified atom stereocenters. The molecule has 3 rings (SSSR count). The maximum absolute atomic E-state index is 4.48. The highest BCUT2D eigenvalue weighted by Gasteiger charge is 2.16. The van der Waals surface area contributed by atoms with Crippen LogP contribution in [0.1, 0.15) is 37.1 Å². The van der Waals surface area contributed by atoms with Crippen LogP contribution in [0.4, 0.5) is 0 Å². The monoisotopic (exact) mass is 365 g/mol. The minimum atomic E-state index is 0.962. The Balaban J connectivity index is 1.39. The van der Waals surface area contributed by atoms with E-state index in [4.69, 9.17) is 0 Å². The third-order valence-electron chi connectivity index (χ3n) is 5.12. The number of likely N-dealkylation sites (tertiary alicyclic amines) is 1. The first-order valence-corrected chi connectivity index (χ1v) is 9.94. The normalized spacial score (nSPS) is 15.1. The van der Waals surface area contributed by atoms with Crippen molar-refractivity contribution in [3.8, 4) is 0 Å². The summed E-state index contributed by atoms with van der Waals surface area (Å²) in [5.41, 5.74) is 2.83. The number of guanidine groups is 1. The van der Waals surface area contributed by atoms with Gasteiger partial charge in [0.1, 0.15) is 5.82 Å². The van der Waals surface area contributed by atoms with Crippen molar-refractivity contribution in [2.75, 3.05) is 26.7 Å². The molecule has 27 heavy (non-hydrogen) atoms. The van der Waals surface area contributed by atoms with E-state index in [9.17, 15) is 0 Å². The first-order chi connectivity index (χ1) is 13.3. The number of rotatable bonds is 6. The molecule has 0 atom stereocenters. The molecule has 1 aromatic heterocycles. The standard InChI is InChI=1S/C22H31N5/c1-19-24-13-17-26(19)14-7-6-12-25-22(23-2)27-15-10-21(11-16-27)18-20-8-4-3-5-9-20/h3-5,8-9,13,17-18H,6-7,10-12,14-16H2,1-2H3,(H,23,25). The zero-order valence-corrected chi connectivity index (χ0v) is 16.6. The summed E-state index contributed by atoms with van der Waals surface area (Å²) < 4.78 is 2.21. The predicted octanol–water partition coefficient (Wildman–Crippen LogP) is 3.73. The number of aromatic nitrogens is 2. The van der Waals surface area contributed by atoms with Gasteiger partial charge in [0.25, 0.3) is 0 Å². The summed E-state index contributed by atoms with van der Waals surface area (Å²) in [6.45, 7) is 6.11. The van der Waals surface area contributed by atoms with Crippen molar-refractivity contribution in [3.05, 3.63) is 59.7 Å². The van der Waals surface area contributed by atoms with Crippen LogP contribution in [0.2, 0.25) is 0 Å². The molecule has 0 saturated carbocycles. The number of nitrogens with zero attached hydrogens (tertiary/aromatic N) is 4. The van der Waals surface area contributed by atoms with Crippen molar-refractivity contribution in [1.82, 2.24) is 19.8 Å². The van der Waals surface area contributed by atoms with E-state index in [0.717, 1.165) is 63.6 Å². The zero-order chi connectivity index (χ0) is 18.9. The van der Waals surface area contributed by atoms with E-state index in [1.807, 2.05) is 13.2 Å². The Hall–Kier alpha value is -2.56. The SMILES string of the molecule is CN=C(NCCCCn1ccnc1C)N1CCC(=Cc2ccccc2)CC1. The number of unbranched alkanes of at least 4 members (excludes halogenated alkanes) is 1. The minimum Gasteiger partial charge on any atom is -0.356 e. The molecule has 1 fully saturated rings. The van der Waals surface area contributed by atoms with Crippen LogP contribution >= 0.6 is 0 Å². The Morgan fingerprint density at radius 3 is 2.63 bits per heavy atom. The largest absolute Gasteiger partial charge is 0.356 e. The summed E-state index contributed by atoms with van der Waals surface area (Å²) in [5.74, 6) is 2.12. The smallest absolute Gasteiger partial charge is 0.193 e. The van der Waals surface area contributed by atoms with Crippen molar-refractivity contribution in [2.24, 2.45) is 4.99 Å². The first-order valence-electron chi connectivity index (χ1n) is 9.94. The first kappa shape index (κ1) is 19.2. The molecule has 144 valence electrons. The number of hydrogen-bond donors (Lipinski definition) is 1. The van der Waals surface area contributed by atoms with Crippen LogP contribution in [0.5, 0.6) is 0 Å². The summed E-state index contributed by atoms with van der Waals surface area (Å²) >= 11 is 0. The highest BCUT2D eigenvalue weighted by atomic mass is 15.3. The molecule has 1 saturated heterocycles. The molecule has 0 bridgehead atoms. The summed E-state index contributed by atoms with van der Waals surface area (Å²) in [5, 5.41) is 3.53. The maximum Gasteiger partial charge on any atom is 0.193 e.